The normalized spacial score (nSPS) is 20.8. The average Bonchev–Trinajstić information content (AvgIpc) is 3.88. The van der Waals surface area contributed by atoms with Gasteiger partial charge < -0.3 is 14.7 Å². The molecule has 1 saturated carbocycles. The second kappa shape index (κ2) is 16.3. The summed E-state index contributed by atoms with van der Waals surface area (Å²) in [4.78, 5) is 89.1. The number of amides is 3. The van der Waals surface area contributed by atoms with Gasteiger partial charge in [0.1, 0.15) is 17.5 Å². The van der Waals surface area contributed by atoms with Crippen LogP contribution in [-0.2, 0) is 22.6 Å². The van der Waals surface area contributed by atoms with E-state index in [9.17, 15) is 24.0 Å². The van der Waals surface area contributed by atoms with E-state index in [1.165, 1.54) is 6.92 Å². The highest BCUT2D eigenvalue weighted by molar-refractivity contribution is 6.05. The molecular formula is C44H52N10O5. The maximum atomic E-state index is 13.6. The first-order valence-corrected chi connectivity index (χ1v) is 21.2. The van der Waals surface area contributed by atoms with Gasteiger partial charge in [0.25, 0.3) is 11.5 Å². The molecule has 3 saturated heterocycles. The maximum Gasteiger partial charge on any atom is 0.263 e. The Balaban J connectivity index is 0.746. The number of hydrogen-bond donors (Lipinski definition) is 1. The van der Waals surface area contributed by atoms with Gasteiger partial charge in [-0.1, -0.05) is 12.8 Å². The lowest BCUT2D eigenvalue weighted by Gasteiger charge is -2.39. The monoisotopic (exact) mass is 800 g/mol. The molecule has 1 atom stereocenters. The molecule has 0 spiro atoms. The quantitative estimate of drug-likeness (QED) is 0.185. The molecule has 0 radical (unpaired) electrons. The van der Waals surface area contributed by atoms with Crippen LogP contribution in [0, 0.1) is 6.92 Å². The number of anilines is 2. The van der Waals surface area contributed by atoms with Gasteiger partial charge in [0, 0.05) is 113 Å². The van der Waals surface area contributed by atoms with Gasteiger partial charge in [0.05, 0.1) is 23.9 Å². The number of benzene rings is 1. The summed E-state index contributed by atoms with van der Waals surface area (Å²) in [6.07, 6.45) is 8.71. The Labute approximate surface area is 343 Å². The number of rotatable bonds is 10. The van der Waals surface area contributed by atoms with Crippen molar-refractivity contribution in [3.8, 4) is 0 Å². The standard InChI is InChI=1S/C44H52N10O5/c1-28-36-26-46-38(47-41(36)54(32-5-3-4-6-32)44(59)40(28)29(2)55)24-31-7-8-34(25-45-31)52-21-17-50(18-22-52)14-13-49-15-19-51(20-16-49)33-9-10-35-30(23-33)27-53(43(35)58)37-11-12-39(56)48-42(37)57/h7-10,23,25-26,32,37H,3-6,11-22,24,27H2,1-2H3,(H,48,56,57). The fourth-order valence-corrected chi connectivity index (χ4v) is 9.74. The first-order chi connectivity index (χ1) is 28.6. The Kier molecular flexibility index (Phi) is 10.7. The van der Waals surface area contributed by atoms with E-state index >= 15 is 0 Å². The fraction of sp³-hybridized carbons (Fsp3) is 0.500. The minimum Gasteiger partial charge on any atom is -0.369 e. The van der Waals surface area contributed by atoms with E-state index in [2.05, 4.69) is 42.0 Å². The summed E-state index contributed by atoms with van der Waals surface area (Å²) in [5.41, 5.74) is 5.92. The SMILES string of the molecule is CC(=O)c1c(C)c2cnc(Cc3ccc(N4CCN(CCN5CCN(c6ccc7c(c6)CN(C6CCC(=O)NC6=O)C7=O)CC5)CC4)cn3)nc2n(C2CCCC2)c1=O. The van der Waals surface area contributed by atoms with Crippen molar-refractivity contribution in [2.45, 2.75) is 77.4 Å². The van der Waals surface area contributed by atoms with Crippen LogP contribution in [0.3, 0.4) is 0 Å². The molecule has 1 aliphatic carbocycles. The minimum absolute atomic E-state index is 0.0441. The Hall–Kier alpha value is -5.54. The molecule has 0 bridgehead atoms. The molecule has 9 rings (SSSR count). The molecule has 15 heteroatoms. The third kappa shape index (κ3) is 7.73. The van der Waals surface area contributed by atoms with E-state index in [0.717, 1.165) is 119 Å². The summed E-state index contributed by atoms with van der Waals surface area (Å²) in [5.74, 6) is -0.415. The predicted octanol–water partition coefficient (Wildman–Crippen LogP) is 3.11. The molecule has 59 heavy (non-hydrogen) atoms. The number of piperazine rings is 2. The van der Waals surface area contributed by atoms with Crippen LogP contribution in [0.5, 0.6) is 0 Å². The van der Waals surface area contributed by atoms with Gasteiger partial charge in [-0.2, -0.15) is 0 Å². The van der Waals surface area contributed by atoms with Crippen molar-refractivity contribution in [3.05, 3.63) is 86.9 Å². The van der Waals surface area contributed by atoms with E-state index in [-0.39, 0.29) is 47.1 Å². The van der Waals surface area contributed by atoms with E-state index in [1.54, 1.807) is 15.7 Å². The Morgan fingerprint density at radius 1 is 0.814 bits per heavy atom. The molecule has 1 unspecified atom stereocenters. The molecular weight excluding hydrogens is 749 g/mol. The van der Waals surface area contributed by atoms with Gasteiger partial charge in [-0.15, -0.1) is 0 Å². The lowest BCUT2D eigenvalue weighted by Crippen LogP contribution is -2.52. The summed E-state index contributed by atoms with van der Waals surface area (Å²) in [6, 6.07) is 9.62. The lowest BCUT2D eigenvalue weighted by atomic mass is 10.0. The number of Topliss-reactive ketones (excluding diaryl/α,β-unsaturated/α-hetero) is 1. The third-order valence-electron chi connectivity index (χ3n) is 13.2. The van der Waals surface area contributed by atoms with Gasteiger partial charge in [-0.3, -0.25) is 48.6 Å². The van der Waals surface area contributed by atoms with Crippen molar-refractivity contribution in [2.24, 2.45) is 0 Å². The zero-order valence-electron chi connectivity index (χ0n) is 34.0. The number of nitrogens with one attached hydrogen (secondary N) is 1. The first-order valence-electron chi connectivity index (χ1n) is 21.2. The van der Waals surface area contributed by atoms with Crippen molar-refractivity contribution < 1.29 is 19.2 Å². The van der Waals surface area contributed by atoms with Crippen LogP contribution >= 0.6 is 0 Å². The van der Waals surface area contributed by atoms with Crippen LogP contribution in [0.1, 0.15) is 94.9 Å². The predicted molar refractivity (Wildman–Crippen MR) is 223 cm³/mol. The molecule has 3 amide bonds. The number of hydrogen-bond acceptors (Lipinski definition) is 12. The summed E-state index contributed by atoms with van der Waals surface area (Å²) < 4.78 is 1.76. The van der Waals surface area contributed by atoms with Crippen LogP contribution in [0.25, 0.3) is 11.0 Å². The van der Waals surface area contributed by atoms with Gasteiger partial charge in [-0.25, -0.2) is 9.97 Å². The van der Waals surface area contributed by atoms with Crippen LogP contribution in [0.4, 0.5) is 11.4 Å². The summed E-state index contributed by atoms with van der Waals surface area (Å²) >= 11 is 0. The Morgan fingerprint density at radius 2 is 1.49 bits per heavy atom. The number of imide groups is 1. The van der Waals surface area contributed by atoms with Gasteiger partial charge >= 0.3 is 0 Å². The van der Waals surface area contributed by atoms with Gasteiger partial charge in [-0.05, 0) is 74.6 Å². The highest BCUT2D eigenvalue weighted by atomic mass is 16.2. The van der Waals surface area contributed by atoms with Gasteiger partial charge in [0.15, 0.2) is 5.78 Å². The van der Waals surface area contributed by atoms with Crippen molar-refractivity contribution in [3.63, 3.8) is 0 Å². The Bertz CT molecular complexity index is 2360. The van der Waals surface area contributed by atoms with Crippen molar-refractivity contribution in [2.75, 3.05) is 75.2 Å². The topological polar surface area (TPSA) is 157 Å². The zero-order chi connectivity index (χ0) is 40.8. The molecule has 4 aliphatic heterocycles. The van der Waals surface area contributed by atoms with Crippen molar-refractivity contribution in [1.29, 1.82) is 0 Å². The third-order valence-corrected chi connectivity index (χ3v) is 13.2. The molecule has 4 fully saturated rings. The number of pyridine rings is 2. The van der Waals surface area contributed by atoms with Crippen LogP contribution in [-0.4, -0.2) is 129 Å². The second-order valence-electron chi connectivity index (χ2n) is 16.8. The number of carbonyl (C=O) groups is 4. The van der Waals surface area contributed by atoms with Crippen LogP contribution in [0.15, 0.2) is 47.5 Å². The summed E-state index contributed by atoms with van der Waals surface area (Å²) in [6.45, 7) is 13.3. The van der Waals surface area contributed by atoms with Crippen molar-refractivity contribution >= 4 is 45.9 Å². The van der Waals surface area contributed by atoms with Crippen molar-refractivity contribution in [1.82, 2.24) is 39.5 Å². The van der Waals surface area contributed by atoms with E-state index in [0.29, 0.717) is 42.0 Å². The number of piperidine rings is 1. The maximum absolute atomic E-state index is 13.6. The molecule has 5 aliphatic rings. The smallest absolute Gasteiger partial charge is 0.263 e. The highest BCUT2D eigenvalue weighted by Gasteiger charge is 2.39. The number of nitrogens with zero attached hydrogens (tertiary/aromatic N) is 9. The number of carbonyl (C=O) groups excluding carboxylic acids is 4. The minimum atomic E-state index is -0.600. The van der Waals surface area contributed by atoms with Crippen LogP contribution in [0.2, 0.25) is 0 Å². The van der Waals surface area contributed by atoms with E-state index < -0.39 is 6.04 Å². The summed E-state index contributed by atoms with van der Waals surface area (Å²) in [7, 11) is 0. The molecule has 1 N–H and O–H groups in total. The van der Waals surface area contributed by atoms with E-state index in [1.807, 2.05) is 31.3 Å². The molecule has 3 aromatic heterocycles. The molecule has 308 valence electrons. The number of aromatic nitrogens is 4. The van der Waals surface area contributed by atoms with Crippen LogP contribution < -0.4 is 20.7 Å². The highest BCUT2D eigenvalue weighted by Crippen LogP contribution is 2.33. The number of ketones is 1. The number of aryl methyl sites for hydroxylation is 1. The fourth-order valence-electron chi connectivity index (χ4n) is 9.74. The molecule has 1 aromatic carbocycles. The molecule has 7 heterocycles. The lowest BCUT2D eigenvalue weighted by molar-refractivity contribution is -0.136. The number of fused-ring (bicyclic) bond motifs is 2. The largest absolute Gasteiger partial charge is 0.369 e. The Morgan fingerprint density at radius 3 is 2.14 bits per heavy atom. The van der Waals surface area contributed by atoms with E-state index in [4.69, 9.17) is 9.97 Å². The molecule has 4 aromatic rings. The average molecular weight is 801 g/mol. The first kappa shape index (κ1) is 38.9. The zero-order valence-corrected chi connectivity index (χ0v) is 34.0. The molecule has 15 nitrogen and oxygen atoms in total. The second-order valence-corrected chi connectivity index (χ2v) is 16.8. The summed E-state index contributed by atoms with van der Waals surface area (Å²) in [5, 5.41) is 3.13. The van der Waals surface area contributed by atoms with Gasteiger partial charge in [0.2, 0.25) is 11.8 Å².